The van der Waals surface area contributed by atoms with Crippen LogP contribution >= 0.6 is 11.6 Å². The molecule has 0 spiro atoms. The van der Waals surface area contributed by atoms with Crippen LogP contribution in [0.15, 0.2) is 48.5 Å². The summed E-state index contributed by atoms with van der Waals surface area (Å²) in [5.41, 5.74) is 1.31. The summed E-state index contributed by atoms with van der Waals surface area (Å²) in [6.07, 6.45) is 5.62. The number of hydrogen-bond acceptors (Lipinski definition) is 1. The van der Waals surface area contributed by atoms with Crippen molar-refractivity contribution in [3.05, 3.63) is 65.5 Å². The number of halogens is 1. The van der Waals surface area contributed by atoms with E-state index in [1.807, 2.05) is 36.4 Å². The Hall–Kier alpha value is 0.166. The topological polar surface area (TPSA) is 9.23 Å². The Kier molecular flexibility index (Phi) is 9.10. The molecular formula is C17H18ClKO. The van der Waals surface area contributed by atoms with E-state index in [0.717, 1.165) is 29.4 Å². The fourth-order valence-electron chi connectivity index (χ4n) is 1.91. The minimum absolute atomic E-state index is 0. The smallest absolute Gasteiger partial charge is 0.457 e. The molecule has 0 saturated carbocycles. The minimum atomic E-state index is 0. The summed E-state index contributed by atoms with van der Waals surface area (Å²) in [5, 5.41) is 0.719. The molecule has 0 aromatic heterocycles. The van der Waals surface area contributed by atoms with Crippen molar-refractivity contribution in [1.82, 2.24) is 0 Å². The van der Waals surface area contributed by atoms with Gasteiger partial charge in [-0.1, -0.05) is 30.2 Å². The van der Waals surface area contributed by atoms with Crippen molar-refractivity contribution in [3.63, 3.8) is 0 Å². The predicted octanol–water partition coefficient (Wildman–Crippen LogP) is 2.68. The first-order valence-electron chi connectivity index (χ1n) is 6.58. The first-order chi connectivity index (χ1) is 9.28. The van der Waals surface area contributed by atoms with Crippen LogP contribution in [0.5, 0.6) is 11.5 Å². The van der Waals surface area contributed by atoms with Crippen molar-refractivity contribution >= 4 is 11.6 Å². The van der Waals surface area contributed by atoms with Gasteiger partial charge in [-0.2, -0.15) is 13.3 Å². The molecule has 0 unspecified atom stereocenters. The van der Waals surface area contributed by atoms with Crippen LogP contribution in [-0.4, -0.2) is 0 Å². The zero-order valence-corrected chi connectivity index (χ0v) is 16.0. The number of benzene rings is 2. The van der Waals surface area contributed by atoms with Crippen LogP contribution in [0.4, 0.5) is 0 Å². The number of aryl methyl sites for hydroxylation is 1. The monoisotopic (exact) mass is 312 g/mol. The second kappa shape index (κ2) is 9.99. The van der Waals surface area contributed by atoms with Crippen LogP contribution in [0.1, 0.15) is 25.3 Å². The van der Waals surface area contributed by atoms with Crippen LogP contribution in [0, 0.1) is 6.42 Å². The molecule has 2 rings (SSSR count). The quantitative estimate of drug-likeness (QED) is 0.453. The molecule has 0 aliphatic carbocycles. The zero-order valence-electron chi connectivity index (χ0n) is 12.1. The summed E-state index contributed by atoms with van der Waals surface area (Å²) in [6, 6.07) is 15.7. The SMILES string of the molecule is C[CH-]CCCc1cccc(Oc2ccc(Cl)cc2)c1.[K+]. The first-order valence-corrected chi connectivity index (χ1v) is 6.96. The number of ether oxygens (including phenoxy) is 1. The van der Waals surface area contributed by atoms with Crippen molar-refractivity contribution in [2.45, 2.75) is 26.2 Å². The van der Waals surface area contributed by atoms with Gasteiger partial charge < -0.3 is 11.2 Å². The van der Waals surface area contributed by atoms with E-state index >= 15 is 0 Å². The average Bonchev–Trinajstić information content (AvgIpc) is 2.42. The fraction of sp³-hybridized carbons (Fsp3) is 0.235. The maximum absolute atomic E-state index is 5.85. The Bertz CT molecular complexity index is 511. The molecule has 0 bridgehead atoms. The van der Waals surface area contributed by atoms with Gasteiger partial charge in [0.15, 0.2) is 0 Å². The van der Waals surface area contributed by atoms with Gasteiger partial charge in [0, 0.05) is 5.02 Å². The second-order valence-corrected chi connectivity index (χ2v) is 4.94. The van der Waals surface area contributed by atoms with E-state index in [9.17, 15) is 0 Å². The molecule has 0 aliphatic rings. The molecule has 1 nitrogen and oxygen atoms in total. The molecule has 0 amide bonds. The predicted molar refractivity (Wildman–Crippen MR) is 80.9 cm³/mol. The van der Waals surface area contributed by atoms with Gasteiger partial charge in [-0.05, 0) is 48.4 Å². The zero-order chi connectivity index (χ0) is 13.5. The van der Waals surface area contributed by atoms with Crippen molar-refractivity contribution in [2.75, 3.05) is 0 Å². The van der Waals surface area contributed by atoms with Crippen LogP contribution in [0.25, 0.3) is 0 Å². The normalized spacial score (nSPS) is 9.90. The van der Waals surface area contributed by atoms with E-state index < -0.39 is 0 Å². The molecule has 0 heterocycles. The Balaban J connectivity index is 0.00000200. The molecule has 100 valence electrons. The second-order valence-electron chi connectivity index (χ2n) is 4.50. The molecule has 2 aromatic rings. The molecule has 0 fully saturated rings. The van der Waals surface area contributed by atoms with E-state index in [0.29, 0.717) is 0 Å². The summed E-state index contributed by atoms with van der Waals surface area (Å²) < 4.78 is 5.81. The third-order valence-corrected chi connectivity index (χ3v) is 3.16. The maximum Gasteiger partial charge on any atom is 1.00 e. The Morgan fingerprint density at radius 2 is 1.80 bits per heavy atom. The van der Waals surface area contributed by atoms with Gasteiger partial charge in [0.25, 0.3) is 0 Å². The van der Waals surface area contributed by atoms with E-state index in [-0.39, 0.29) is 51.4 Å². The maximum atomic E-state index is 5.85. The summed E-state index contributed by atoms with van der Waals surface area (Å²) in [6.45, 7) is 2.10. The van der Waals surface area contributed by atoms with Crippen molar-refractivity contribution in [3.8, 4) is 11.5 Å². The number of unbranched alkanes of at least 4 members (excludes halogenated alkanes) is 2. The number of rotatable bonds is 6. The van der Waals surface area contributed by atoms with Crippen LogP contribution in [0.3, 0.4) is 0 Å². The third kappa shape index (κ3) is 6.29. The summed E-state index contributed by atoms with van der Waals surface area (Å²) in [4.78, 5) is 0. The standard InChI is InChI=1S/C17H18ClO.K/c1-2-3-4-6-14-7-5-8-17(13-14)19-16-11-9-15(18)10-12-16;/h2,5,7-13H,3-4,6H2,1H3;/q-1;+1. The average molecular weight is 313 g/mol. The first kappa shape index (κ1) is 18.2. The van der Waals surface area contributed by atoms with Gasteiger partial charge in [-0.25, -0.2) is 0 Å². The molecular weight excluding hydrogens is 295 g/mol. The Morgan fingerprint density at radius 3 is 2.50 bits per heavy atom. The van der Waals surface area contributed by atoms with Gasteiger partial charge in [0.05, 0.1) is 0 Å². The van der Waals surface area contributed by atoms with Gasteiger partial charge in [-0.3, -0.25) is 0 Å². The van der Waals surface area contributed by atoms with Crippen LogP contribution in [-0.2, 0) is 6.42 Å². The third-order valence-electron chi connectivity index (χ3n) is 2.91. The fourth-order valence-corrected chi connectivity index (χ4v) is 2.04. The summed E-state index contributed by atoms with van der Waals surface area (Å²) >= 11 is 5.85. The van der Waals surface area contributed by atoms with E-state index in [1.165, 1.54) is 12.0 Å². The van der Waals surface area contributed by atoms with Crippen molar-refractivity contribution < 1.29 is 56.1 Å². The van der Waals surface area contributed by atoms with Gasteiger partial charge >= 0.3 is 51.4 Å². The Morgan fingerprint density at radius 1 is 1.05 bits per heavy atom. The van der Waals surface area contributed by atoms with Crippen molar-refractivity contribution in [1.29, 1.82) is 0 Å². The van der Waals surface area contributed by atoms with Gasteiger partial charge in [0.1, 0.15) is 11.5 Å². The summed E-state index contributed by atoms with van der Waals surface area (Å²) in [5.74, 6) is 1.68. The molecule has 0 N–H and O–H groups in total. The van der Waals surface area contributed by atoms with Gasteiger partial charge in [-0.15, -0.1) is 0 Å². The molecule has 0 saturated heterocycles. The molecule has 0 radical (unpaired) electrons. The molecule has 2 aromatic carbocycles. The summed E-state index contributed by atoms with van der Waals surface area (Å²) in [7, 11) is 0. The van der Waals surface area contributed by atoms with Crippen molar-refractivity contribution in [2.24, 2.45) is 0 Å². The molecule has 3 heteroatoms. The molecule has 0 aliphatic heterocycles. The van der Waals surface area contributed by atoms with Crippen LogP contribution in [0.2, 0.25) is 5.02 Å². The Labute approximate surface area is 169 Å². The van der Waals surface area contributed by atoms with E-state index in [2.05, 4.69) is 25.5 Å². The molecule has 0 atom stereocenters. The molecule has 20 heavy (non-hydrogen) atoms. The number of hydrogen-bond donors (Lipinski definition) is 0. The minimum Gasteiger partial charge on any atom is -0.457 e. The van der Waals surface area contributed by atoms with Gasteiger partial charge in [0.2, 0.25) is 0 Å². The van der Waals surface area contributed by atoms with E-state index in [4.69, 9.17) is 16.3 Å². The largest absolute Gasteiger partial charge is 1.00 e. The van der Waals surface area contributed by atoms with Crippen LogP contribution < -0.4 is 56.1 Å². The van der Waals surface area contributed by atoms with E-state index in [1.54, 1.807) is 0 Å².